The van der Waals surface area contributed by atoms with Gasteiger partial charge in [0.1, 0.15) is 24.8 Å². The van der Waals surface area contributed by atoms with Crippen LogP contribution < -0.4 is 5.32 Å². The first-order valence-corrected chi connectivity index (χ1v) is 5.75. The van der Waals surface area contributed by atoms with Crippen LogP contribution in [0.3, 0.4) is 0 Å². The molecule has 9 heteroatoms. The zero-order chi connectivity index (χ0) is 14.7. The molecule has 0 atom stereocenters. The molecular formula is C11H8ClFN4O3. The van der Waals surface area contributed by atoms with Crippen molar-refractivity contribution in [3.05, 3.63) is 51.5 Å². The van der Waals surface area contributed by atoms with E-state index in [1.54, 1.807) is 0 Å². The molecule has 0 aliphatic heterocycles. The van der Waals surface area contributed by atoms with E-state index in [2.05, 4.69) is 10.4 Å². The lowest BCUT2D eigenvalue weighted by atomic mass is 10.3. The molecule has 2 rings (SSSR count). The molecule has 20 heavy (non-hydrogen) atoms. The van der Waals surface area contributed by atoms with Crippen molar-refractivity contribution in [1.29, 1.82) is 0 Å². The van der Waals surface area contributed by atoms with Crippen LogP contribution in [0.15, 0.2) is 30.6 Å². The molecule has 1 heterocycles. The number of hydrogen-bond acceptors (Lipinski definition) is 4. The maximum atomic E-state index is 12.9. The zero-order valence-electron chi connectivity index (χ0n) is 9.92. The molecule has 2 aromatic rings. The van der Waals surface area contributed by atoms with Gasteiger partial charge in [0, 0.05) is 5.69 Å². The molecule has 0 aliphatic carbocycles. The summed E-state index contributed by atoms with van der Waals surface area (Å²) in [5, 5.41) is 16.5. The third-order valence-corrected chi connectivity index (χ3v) is 2.63. The Balaban J connectivity index is 2.01. The number of anilines is 1. The van der Waals surface area contributed by atoms with Gasteiger partial charge in [-0.05, 0) is 18.2 Å². The standard InChI is InChI=1S/C11H8ClFN4O3/c12-9-3-7(1-2-10(9)13)15-11(18)6-16-5-8(4-14-16)17(19)20/h1-5H,6H2,(H,15,18). The predicted molar refractivity (Wildman–Crippen MR) is 68.9 cm³/mol. The molecule has 1 aromatic heterocycles. The van der Waals surface area contributed by atoms with Crippen LogP contribution in [0, 0.1) is 15.9 Å². The van der Waals surface area contributed by atoms with Crippen molar-refractivity contribution in [2.24, 2.45) is 0 Å². The molecule has 1 aromatic carbocycles. The Morgan fingerprint density at radius 1 is 1.55 bits per heavy atom. The number of hydrogen-bond donors (Lipinski definition) is 1. The van der Waals surface area contributed by atoms with Crippen molar-refractivity contribution in [3.63, 3.8) is 0 Å². The monoisotopic (exact) mass is 298 g/mol. The van der Waals surface area contributed by atoms with Crippen LogP contribution in [0.5, 0.6) is 0 Å². The summed E-state index contributed by atoms with van der Waals surface area (Å²) in [5.41, 5.74) is 0.116. The molecule has 0 bridgehead atoms. The highest BCUT2D eigenvalue weighted by atomic mass is 35.5. The number of amides is 1. The Labute approximate surface area is 117 Å². The van der Waals surface area contributed by atoms with Gasteiger partial charge in [-0.25, -0.2) is 4.39 Å². The van der Waals surface area contributed by atoms with Gasteiger partial charge in [0.25, 0.3) is 0 Å². The highest BCUT2D eigenvalue weighted by Crippen LogP contribution is 2.19. The molecule has 0 saturated carbocycles. The molecule has 0 saturated heterocycles. The fourth-order valence-electron chi connectivity index (χ4n) is 1.45. The molecule has 0 radical (unpaired) electrons. The minimum Gasteiger partial charge on any atom is -0.324 e. The van der Waals surface area contributed by atoms with E-state index in [0.29, 0.717) is 5.69 Å². The summed E-state index contributed by atoms with van der Waals surface area (Å²) in [6.45, 7) is -0.206. The number of nitro groups is 1. The second kappa shape index (κ2) is 5.66. The van der Waals surface area contributed by atoms with Gasteiger partial charge in [-0.2, -0.15) is 5.10 Å². The second-order valence-corrected chi connectivity index (χ2v) is 4.24. The van der Waals surface area contributed by atoms with E-state index < -0.39 is 16.6 Å². The van der Waals surface area contributed by atoms with E-state index >= 15 is 0 Å². The quantitative estimate of drug-likeness (QED) is 0.692. The minimum atomic E-state index is -0.610. The summed E-state index contributed by atoms with van der Waals surface area (Å²) >= 11 is 5.58. The molecule has 1 amide bonds. The molecule has 0 aliphatic rings. The fraction of sp³-hybridized carbons (Fsp3) is 0.0909. The average molecular weight is 299 g/mol. The third-order valence-electron chi connectivity index (χ3n) is 2.34. The van der Waals surface area contributed by atoms with Crippen molar-refractivity contribution in [1.82, 2.24) is 9.78 Å². The van der Waals surface area contributed by atoms with E-state index in [4.69, 9.17) is 11.6 Å². The third kappa shape index (κ3) is 3.29. The van der Waals surface area contributed by atoms with E-state index in [0.717, 1.165) is 23.1 Å². The summed E-state index contributed by atoms with van der Waals surface area (Å²) in [6, 6.07) is 3.74. The van der Waals surface area contributed by atoms with Gasteiger partial charge in [-0.15, -0.1) is 0 Å². The van der Waals surface area contributed by atoms with Crippen molar-refractivity contribution in [2.45, 2.75) is 6.54 Å². The SMILES string of the molecule is O=C(Cn1cc([N+](=O)[O-])cn1)Nc1ccc(F)c(Cl)c1. The number of nitrogens with zero attached hydrogens (tertiary/aromatic N) is 3. The van der Waals surface area contributed by atoms with Crippen LogP contribution in [0.25, 0.3) is 0 Å². The molecule has 1 N–H and O–H groups in total. The van der Waals surface area contributed by atoms with Crippen LogP contribution in [0.2, 0.25) is 5.02 Å². The van der Waals surface area contributed by atoms with Crippen LogP contribution in [0.1, 0.15) is 0 Å². The van der Waals surface area contributed by atoms with Gasteiger partial charge in [-0.1, -0.05) is 11.6 Å². The van der Waals surface area contributed by atoms with Gasteiger partial charge in [0.05, 0.1) is 9.95 Å². The van der Waals surface area contributed by atoms with E-state index in [1.165, 1.54) is 12.1 Å². The molecule has 0 spiro atoms. The summed E-state index contributed by atoms with van der Waals surface area (Å²) in [5.74, 6) is -1.06. The number of halogens is 2. The van der Waals surface area contributed by atoms with Crippen molar-refractivity contribution in [3.8, 4) is 0 Å². The first-order valence-electron chi connectivity index (χ1n) is 5.37. The fourth-order valence-corrected chi connectivity index (χ4v) is 1.64. The van der Waals surface area contributed by atoms with Gasteiger partial charge in [0.2, 0.25) is 5.91 Å². The molecule has 7 nitrogen and oxygen atoms in total. The maximum Gasteiger partial charge on any atom is 0.307 e. The van der Waals surface area contributed by atoms with E-state index in [-0.39, 0.29) is 17.3 Å². The smallest absolute Gasteiger partial charge is 0.307 e. The van der Waals surface area contributed by atoms with Crippen molar-refractivity contribution >= 4 is 28.9 Å². The lowest BCUT2D eigenvalue weighted by Crippen LogP contribution is -2.19. The molecule has 104 valence electrons. The number of carbonyl (C=O) groups is 1. The van der Waals surface area contributed by atoms with Gasteiger partial charge >= 0.3 is 5.69 Å². The first kappa shape index (κ1) is 13.9. The largest absolute Gasteiger partial charge is 0.324 e. The number of nitrogens with one attached hydrogen (secondary N) is 1. The lowest BCUT2D eigenvalue weighted by molar-refractivity contribution is -0.385. The first-order chi connectivity index (χ1) is 9.45. The van der Waals surface area contributed by atoms with Crippen LogP contribution in [-0.4, -0.2) is 20.6 Å². The summed E-state index contributed by atoms with van der Waals surface area (Å²) < 4.78 is 14.1. The normalized spacial score (nSPS) is 10.3. The van der Waals surface area contributed by atoms with Crippen LogP contribution in [-0.2, 0) is 11.3 Å². The Hall–Kier alpha value is -2.48. The Kier molecular flexibility index (Phi) is 3.94. The second-order valence-electron chi connectivity index (χ2n) is 3.83. The highest BCUT2D eigenvalue weighted by Gasteiger charge is 2.11. The van der Waals surface area contributed by atoms with Gasteiger partial charge < -0.3 is 5.32 Å². The number of carbonyl (C=O) groups excluding carboxylic acids is 1. The summed E-state index contributed by atoms with van der Waals surface area (Å²) in [6.07, 6.45) is 2.18. The average Bonchev–Trinajstić information content (AvgIpc) is 2.82. The maximum absolute atomic E-state index is 12.9. The van der Waals surface area contributed by atoms with Gasteiger partial charge in [0.15, 0.2) is 0 Å². The minimum absolute atomic E-state index is 0.113. The van der Waals surface area contributed by atoms with Crippen LogP contribution >= 0.6 is 11.6 Å². The Morgan fingerprint density at radius 2 is 2.30 bits per heavy atom. The van der Waals surface area contributed by atoms with Crippen LogP contribution in [0.4, 0.5) is 15.8 Å². The zero-order valence-corrected chi connectivity index (χ0v) is 10.7. The number of benzene rings is 1. The highest BCUT2D eigenvalue weighted by molar-refractivity contribution is 6.31. The van der Waals surface area contributed by atoms with E-state index in [1.807, 2.05) is 0 Å². The van der Waals surface area contributed by atoms with Crippen molar-refractivity contribution < 1.29 is 14.1 Å². The topological polar surface area (TPSA) is 90.1 Å². The van der Waals surface area contributed by atoms with Crippen molar-refractivity contribution in [2.75, 3.05) is 5.32 Å². The predicted octanol–water partition coefficient (Wildman–Crippen LogP) is 2.22. The summed E-state index contributed by atoms with van der Waals surface area (Å²) in [7, 11) is 0. The molecule has 0 unspecified atom stereocenters. The lowest BCUT2D eigenvalue weighted by Gasteiger charge is -2.05. The number of aromatic nitrogens is 2. The number of rotatable bonds is 4. The van der Waals surface area contributed by atoms with Gasteiger partial charge in [-0.3, -0.25) is 19.6 Å². The van der Waals surface area contributed by atoms with E-state index in [9.17, 15) is 19.3 Å². The molecular weight excluding hydrogens is 291 g/mol. The molecule has 0 fully saturated rings. The summed E-state index contributed by atoms with van der Waals surface area (Å²) in [4.78, 5) is 21.5. The Morgan fingerprint density at radius 3 is 2.90 bits per heavy atom. The Bertz CT molecular complexity index is 673.